The molecule has 0 aliphatic heterocycles. The normalized spacial score (nSPS) is 11.5. The van der Waals surface area contributed by atoms with Gasteiger partial charge >= 0.3 is 0 Å². The second kappa shape index (κ2) is 6.07. The van der Waals surface area contributed by atoms with Crippen molar-refractivity contribution in [2.75, 3.05) is 5.32 Å². The third kappa shape index (κ3) is 3.82. The van der Waals surface area contributed by atoms with E-state index in [1.165, 1.54) is 0 Å². The second-order valence-corrected chi connectivity index (χ2v) is 5.04. The topological polar surface area (TPSA) is 76.2 Å². The van der Waals surface area contributed by atoms with E-state index in [9.17, 15) is 0 Å². The second-order valence-electron chi connectivity index (χ2n) is 4.20. The quantitative estimate of drug-likeness (QED) is 0.658. The number of benzene rings is 1. The van der Waals surface area contributed by atoms with Crippen molar-refractivity contribution in [3.05, 3.63) is 45.7 Å². The zero-order chi connectivity index (χ0) is 14.7. The molecule has 3 N–H and O–H groups in total. The lowest BCUT2D eigenvalue weighted by molar-refractivity contribution is 1.04. The molecule has 0 aliphatic carbocycles. The molecule has 5 nitrogen and oxygen atoms in total. The molecule has 0 bridgehead atoms. The van der Waals surface area contributed by atoms with Crippen LogP contribution in [0, 0.1) is 13.8 Å². The van der Waals surface area contributed by atoms with Crippen molar-refractivity contribution in [2.24, 2.45) is 10.7 Å². The minimum Gasteiger partial charge on any atom is -0.369 e. The number of aromatic nitrogens is 2. The van der Waals surface area contributed by atoms with Crippen LogP contribution < -0.4 is 11.1 Å². The molecular formula is C13H13Cl2N5. The van der Waals surface area contributed by atoms with Gasteiger partial charge < -0.3 is 11.1 Å². The van der Waals surface area contributed by atoms with E-state index in [1.54, 1.807) is 18.2 Å². The van der Waals surface area contributed by atoms with Crippen LogP contribution >= 0.6 is 23.2 Å². The highest BCUT2D eigenvalue weighted by Gasteiger charge is 2.04. The van der Waals surface area contributed by atoms with Gasteiger partial charge in [-0.15, -0.1) is 0 Å². The SMILES string of the molecule is Cc1cc(C)nc(N=C(N)Nc2cc(Cl)ccc2Cl)n1. The zero-order valence-corrected chi connectivity index (χ0v) is 12.5. The number of nitrogens with one attached hydrogen (secondary N) is 1. The first-order valence-corrected chi connectivity index (χ1v) is 6.58. The van der Waals surface area contributed by atoms with E-state index < -0.39 is 0 Å². The fourth-order valence-electron chi connectivity index (χ4n) is 1.62. The van der Waals surface area contributed by atoms with Gasteiger partial charge in [0.05, 0.1) is 10.7 Å². The lowest BCUT2D eigenvalue weighted by Crippen LogP contribution is -2.22. The van der Waals surface area contributed by atoms with Crippen molar-refractivity contribution < 1.29 is 0 Å². The van der Waals surface area contributed by atoms with Gasteiger partial charge in [-0.2, -0.15) is 4.99 Å². The molecule has 1 aromatic heterocycles. The Bertz CT molecular complexity index is 650. The Morgan fingerprint density at radius 3 is 2.45 bits per heavy atom. The molecule has 2 rings (SSSR count). The van der Waals surface area contributed by atoms with Crippen LogP contribution in [0.25, 0.3) is 0 Å². The summed E-state index contributed by atoms with van der Waals surface area (Å²) < 4.78 is 0. The Hall–Kier alpha value is -1.85. The fraction of sp³-hybridized carbons (Fsp3) is 0.154. The van der Waals surface area contributed by atoms with Crippen LogP contribution in [0.3, 0.4) is 0 Å². The number of anilines is 1. The number of halogens is 2. The van der Waals surface area contributed by atoms with E-state index in [1.807, 2.05) is 19.9 Å². The number of hydrogen-bond donors (Lipinski definition) is 2. The summed E-state index contributed by atoms with van der Waals surface area (Å²) in [6.07, 6.45) is 0. The predicted octanol–water partition coefficient (Wildman–Crippen LogP) is 3.46. The lowest BCUT2D eigenvalue weighted by Gasteiger charge is -2.07. The Balaban J connectivity index is 2.24. The first-order chi connectivity index (χ1) is 9.44. The minimum atomic E-state index is 0.138. The van der Waals surface area contributed by atoms with Gasteiger partial charge in [0, 0.05) is 16.4 Å². The van der Waals surface area contributed by atoms with Crippen molar-refractivity contribution in [1.29, 1.82) is 0 Å². The number of guanidine groups is 1. The number of nitrogens with zero attached hydrogens (tertiary/aromatic N) is 3. The molecule has 0 aliphatic rings. The Labute approximate surface area is 126 Å². The first kappa shape index (κ1) is 14.6. The molecular weight excluding hydrogens is 297 g/mol. The molecule has 0 unspecified atom stereocenters. The maximum Gasteiger partial charge on any atom is 0.253 e. The Morgan fingerprint density at radius 1 is 1.15 bits per heavy atom. The summed E-state index contributed by atoms with van der Waals surface area (Å²) in [7, 11) is 0. The summed E-state index contributed by atoms with van der Waals surface area (Å²) in [6.45, 7) is 3.73. The van der Waals surface area contributed by atoms with Gasteiger partial charge in [-0.05, 0) is 38.1 Å². The third-order valence-corrected chi connectivity index (χ3v) is 2.95. The van der Waals surface area contributed by atoms with E-state index in [0.717, 1.165) is 11.4 Å². The van der Waals surface area contributed by atoms with Gasteiger partial charge in [0.15, 0.2) is 0 Å². The fourth-order valence-corrected chi connectivity index (χ4v) is 1.96. The number of hydrogen-bond acceptors (Lipinski definition) is 3. The highest BCUT2D eigenvalue weighted by Crippen LogP contribution is 2.25. The number of aryl methyl sites for hydroxylation is 2. The molecule has 0 amide bonds. The number of rotatable bonds is 2. The van der Waals surface area contributed by atoms with Crippen LogP contribution in [-0.4, -0.2) is 15.9 Å². The molecule has 0 saturated heterocycles. The van der Waals surface area contributed by atoms with Crippen molar-refractivity contribution >= 4 is 40.8 Å². The van der Waals surface area contributed by atoms with E-state index in [0.29, 0.717) is 21.7 Å². The molecule has 1 aromatic carbocycles. The van der Waals surface area contributed by atoms with Crippen molar-refractivity contribution in [2.45, 2.75) is 13.8 Å². The Kier molecular flexibility index (Phi) is 4.42. The number of aliphatic imine (C=N–C) groups is 1. The summed E-state index contributed by atoms with van der Waals surface area (Å²) in [5, 5.41) is 3.91. The van der Waals surface area contributed by atoms with E-state index in [2.05, 4.69) is 20.3 Å². The van der Waals surface area contributed by atoms with Crippen LogP contribution in [-0.2, 0) is 0 Å². The van der Waals surface area contributed by atoms with E-state index >= 15 is 0 Å². The molecule has 2 aromatic rings. The largest absolute Gasteiger partial charge is 0.369 e. The summed E-state index contributed by atoms with van der Waals surface area (Å²) in [6, 6.07) is 6.88. The average molecular weight is 310 g/mol. The standard InChI is InChI=1S/C13H13Cl2N5/c1-7-5-8(2)18-13(17-7)20-12(16)19-11-6-9(14)3-4-10(11)15/h3-6H,1-2H3,(H3,16,17,18,19,20). The summed E-state index contributed by atoms with van der Waals surface area (Å²) in [5.74, 6) is 0.435. The molecule has 0 spiro atoms. The molecule has 7 heteroatoms. The van der Waals surface area contributed by atoms with Crippen LogP contribution in [0.1, 0.15) is 11.4 Å². The molecule has 104 valence electrons. The van der Waals surface area contributed by atoms with E-state index in [-0.39, 0.29) is 5.96 Å². The van der Waals surface area contributed by atoms with Crippen LogP contribution in [0.15, 0.2) is 29.3 Å². The van der Waals surface area contributed by atoms with Crippen LogP contribution in [0.2, 0.25) is 10.0 Å². The third-order valence-electron chi connectivity index (χ3n) is 2.38. The molecule has 20 heavy (non-hydrogen) atoms. The average Bonchev–Trinajstić information content (AvgIpc) is 2.32. The van der Waals surface area contributed by atoms with Crippen LogP contribution in [0.4, 0.5) is 11.6 Å². The predicted molar refractivity (Wildman–Crippen MR) is 82.9 cm³/mol. The van der Waals surface area contributed by atoms with Crippen LogP contribution in [0.5, 0.6) is 0 Å². The summed E-state index contributed by atoms with van der Waals surface area (Å²) in [5.41, 5.74) is 8.04. The maximum atomic E-state index is 6.03. The lowest BCUT2D eigenvalue weighted by atomic mass is 10.3. The molecule has 0 radical (unpaired) electrons. The van der Waals surface area contributed by atoms with Gasteiger partial charge in [-0.1, -0.05) is 23.2 Å². The molecule has 1 heterocycles. The van der Waals surface area contributed by atoms with Crippen molar-refractivity contribution in [3.63, 3.8) is 0 Å². The smallest absolute Gasteiger partial charge is 0.253 e. The summed E-state index contributed by atoms with van der Waals surface area (Å²) >= 11 is 11.9. The maximum absolute atomic E-state index is 6.03. The Morgan fingerprint density at radius 2 is 1.80 bits per heavy atom. The highest BCUT2D eigenvalue weighted by atomic mass is 35.5. The molecule has 0 saturated carbocycles. The molecule has 0 atom stereocenters. The first-order valence-electron chi connectivity index (χ1n) is 5.82. The van der Waals surface area contributed by atoms with Crippen molar-refractivity contribution in [1.82, 2.24) is 9.97 Å². The van der Waals surface area contributed by atoms with Gasteiger partial charge in [0.2, 0.25) is 5.96 Å². The monoisotopic (exact) mass is 309 g/mol. The van der Waals surface area contributed by atoms with Gasteiger partial charge in [0.25, 0.3) is 5.95 Å². The zero-order valence-electron chi connectivity index (χ0n) is 11.0. The van der Waals surface area contributed by atoms with Crippen molar-refractivity contribution in [3.8, 4) is 0 Å². The van der Waals surface area contributed by atoms with Gasteiger partial charge in [-0.3, -0.25) is 0 Å². The molecule has 0 fully saturated rings. The van der Waals surface area contributed by atoms with E-state index in [4.69, 9.17) is 28.9 Å². The summed E-state index contributed by atoms with van der Waals surface area (Å²) in [4.78, 5) is 12.5. The number of nitrogens with two attached hydrogens (primary N) is 1. The highest BCUT2D eigenvalue weighted by molar-refractivity contribution is 6.35. The van der Waals surface area contributed by atoms with Gasteiger partial charge in [0.1, 0.15) is 0 Å². The van der Waals surface area contributed by atoms with Gasteiger partial charge in [-0.25, -0.2) is 9.97 Å². The minimum absolute atomic E-state index is 0.138.